The zero-order valence-electron chi connectivity index (χ0n) is 10.4. The molecule has 1 amide bonds. The highest BCUT2D eigenvalue weighted by Crippen LogP contribution is 2.10. The highest BCUT2D eigenvalue weighted by Gasteiger charge is 2.10. The number of benzene rings is 1. The van der Waals surface area contributed by atoms with Crippen molar-refractivity contribution >= 4 is 12.0 Å². The number of aryl methyl sites for hydroxylation is 1. The third kappa shape index (κ3) is 3.46. The lowest BCUT2D eigenvalue weighted by molar-refractivity contribution is -0.124. The number of carbonyl (C=O) groups excluding carboxylic acids is 1. The molecule has 1 aromatic rings. The van der Waals surface area contributed by atoms with E-state index >= 15 is 0 Å². The lowest BCUT2D eigenvalue weighted by atomic mass is 10.1. The van der Waals surface area contributed by atoms with Crippen LogP contribution in [0.25, 0.3) is 6.08 Å². The van der Waals surface area contributed by atoms with Gasteiger partial charge in [0.15, 0.2) is 0 Å². The summed E-state index contributed by atoms with van der Waals surface area (Å²) in [5.74, 6) is -0.271. The van der Waals surface area contributed by atoms with Crippen LogP contribution in [0.2, 0.25) is 0 Å². The minimum Gasteiger partial charge on any atom is -0.344 e. The molecule has 0 atom stereocenters. The summed E-state index contributed by atoms with van der Waals surface area (Å²) >= 11 is 0. The van der Waals surface area contributed by atoms with Crippen molar-refractivity contribution in [3.63, 3.8) is 0 Å². The highest BCUT2D eigenvalue weighted by molar-refractivity contribution is 6.01. The second-order valence-corrected chi connectivity index (χ2v) is 3.96. The van der Waals surface area contributed by atoms with Gasteiger partial charge in [-0.05, 0) is 23.6 Å². The molecule has 0 spiro atoms. The standard InChI is InChI=1S/C14H16N2O/c1-4-11-5-7-12(8-6-11)9-13(10-15)14(17)16(2)3/h5-9H,4H2,1-3H3/b13-9-. The van der Waals surface area contributed by atoms with Crippen LogP contribution in [-0.2, 0) is 11.2 Å². The van der Waals surface area contributed by atoms with E-state index in [1.54, 1.807) is 20.2 Å². The van der Waals surface area contributed by atoms with Crippen LogP contribution >= 0.6 is 0 Å². The van der Waals surface area contributed by atoms with E-state index in [-0.39, 0.29) is 11.5 Å². The molecule has 88 valence electrons. The number of carbonyl (C=O) groups is 1. The van der Waals surface area contributed by atoms with Crippen LogP contribution in [0, 0.1) is 11.3 Å². The highest BCUT2D eigenvalue weighted by atomic mass is 16.2. The van der Waals surface area contributed by atoms with E-state index < -0.39 is 0 Å². The van der Waals surface area contributed by atoms with E-state index in [2.05, 4.69) is 6.92 Å². The van der Waals surface area contributed by atoms with Gasteiger partial charge in [0.1, 0.15) is 11.6 Å². The minimum atomic E-state index is -0.271. The number of hydrogen-bond donors (Lipinski definition) is 0. The first-order chi connectivity index (χ1) is 8.08. The quantitative estimate of drug-likeness (QED) is 0.588. The van der Waals surface area contributed by atoms with Crippen molar-refractivity contribution in [1.82, 2.24) is 4.90 Å². The van der Waals surface area contributed by atoms with Crippen LogP contribution in [-0.4, -0.2) is 24.9 Å². The average molecular weight is 228 g/mol. The van der Waals surface area contributed by atoms with Gasteiger partial charge < -0.3 is 4.90 Å². The second kappa shape index (κ2) is 5.86. The Labute approximate surface area is 102 Å². The first-order valence-corrected chi connectivity index (χ1v) is 5.51. The van der Waals surface area contributed by atoms with Gasteiger partial charge in [0.05, 0.1) is 0 Å². The first-order valence-electron chi connectivity index (χ1n) is 5.51. The van der Waals surface area contributed by atoms with E-state index in [1.165, 1.54) is 10.5 Å². The predicted octanol–water partition coefficient (Wildman–Crippen LogP) is 2.24. The van der Waals surface area contributed by atoms with Gasteiger partial charge in [-0.2, -0.15) is 5.26 Å². The molecular formula is C14H16N2O. The zero-order valence-corrected chi connectivity index (χ0v) is 10.4. The minimum absolute atomic E-state index is 0.152. The number of likely N-dealkylation sites (N-methyl/N-ethyl adjacent to an activating group) is 1. The van der Waals surface area contributed by atoms with E-state index in [0.717, 1.165) is 12.0 Å². The number of amides is 1. The molecule has 0 saturated heterocycles. The maximum atomic E-state index is 11.6. The molecule has 0 saturated carbocycles. The lowest BCUT2D eigenvalue weighted by Gasteiger charge is -2.08. The maximum absolute atomic E-state index is 11.6. The fourth-order valence-corrected chi connectivity index (χ4v) is 1.40. The Morgan fingerprint density at radius 1 is 1.35 bits per heavy atom. The van der Waals surface area contributed by atoms with Gasteiger partial charge in [0.2, 0.25) is 0 Å². The zero-order chi connectivity index (χ0) is 12.8. The summed E-state index contributed by atoms with van der Waals surface area (Å²) in [6, 6.07) is 9.76. The summed E-state index contributed by atoms with van der Waals surface area (Å²) in [4.78, 5) is 13.0. The van der Waals surface area contributed by atoms with E-state index in [1.807, 2.05) is 30.3 Å². The van der Waals surface area contributed by atoms with E-state index in [4.69, 9.17) is 5.26 Å². The summed E-state index contributed by atoms with van der Waals surface area (Å²) in [6.07, 6.45) is 2.59. The molecular weight excluding hydrogens is 212 g/mol. The van der Waals surface area contributed by atoms with Gasteiger partial charge in [0, 0.05) is 14.1 Å². The molecule has 3 nitrogen and oxygen atoms in total. The van der Waals surface area contributed by atoms with Crippen LogP contribution < -0.4 is 0 Å². The van der Waals surface area contributed by atoms with Crippen molar-refractivity contribution in [2.24, 2.45) is 0 Å². The Morgan fingerprint density at radius 2 is 1.94 bits per heavy atom. The predicted molar refractivity (Wildman–Crippen MR) is 68.1 cm³/mol. The molecule has 1 aromatic carbocycles. The third-order valence-electron chi connectivity index (χ3n) is 2.46. The van der Waals surface area contributed by atoms with Crippen molar-refractivity contribution in [1.29, 1.82) is 5.26 Å². The molecule has 17 heavy (non-hydrogen) atoms. The van der Waals surface area contributed by atoms with Gasteiger partial charge in [0.25, 0.3) is 5.91 Å². The molecule has 0 fully saturated rings. The van der Waals surface area contributed by atoms with Crippen molar-refractivity contribution in [3.05, 3.63) is 41.0 Å². The lowest BCUT2D eigenvalue weighted by Crippen LogP contribution is -2.22. The van der Waals surface area contributed by atoms with Gasteiger partial charge in [-0.1, -0.05) is 31.2 Å². The Bertz CT molecular complexity index is 464. The third-order valence-corrected chi connectivity index (χ3v) is 2.46. The number of nitrogens with zero attached hydrogens (tertiary/aromatic N) is 2. The fraction of sp³-hybridized carbons (Fsp3) is 0.286. The van der Waals surface area contributed by atoms with Gasteiger partial charge in [-0.25, -0.2) is 0 Å². The normalized spacial score (nSPS) is 10.8. The first kappa shape index (κ1) is 13.0. The smallest absolute Gasteiger partial charge is 0.264 e. The van der Waals surface area contributed by atoms with Crippen LogP contribution in [0.15, 0.2) is 29.8 Å². The SMILES string of the molecule is CCc1ccc(/C=C(/C#N)C(=O)N(C)C)cc1. The summed E-state index contributed by atoms with van der Waals surface area (Å²) in [5, 5.41) is 8.94. The fourth-order valence-electron chi connectivity index (χ4n) is 1.40. The van der Waals surface area contributed by atoms with Crippen molar-refractivity contribution in [2.75, 3.05) is 14.1 Å². The largest absolute Gasteiger partial charge is 0.344 e. The number of nitriles is 1. The number of hydrogen-bond acceptors (Lipinski definition) is 2. The number of rotatable bonds is 3. The molecule has 0 aliphatic heterocycles. The maximum Gasteiger partial charge on any atom is 0.264 e. The summed E-state index contributed by atoms with van der Waals surface area (Å²) < 4.78 is 0. The molecule has 0 radical (unpaired) electrons. The summed E-state index contributed by atoms with van der Waals surface area (Å²) in [6.45, 7) is 2.08. The van der Waals surface area contributed by atoms with Crippen LogP contribution in [0.1, 0.15) is 18.1 Å². The molecule has 0 aliphatic carbocycles. The van der Waals surface area contributed by atoms with Crippen molar-refractivity contribution in [2.45, 2.75) is 13.3 Å². The van der Waals surface area contributed by atoms with Gasteiger partial charge >= 0.3 is 0 Å². The monoisotopic (exact) mass is 228 g/mol. The molecule has 1 rings (SSSR count). The van der Waals surface area contributed by atoms with Crippen molar-refractivity contribution in [3.8, 4) is 6.07 Å². The second-order valence-electron chi connectivity index (χ2n) is 3.96. The average Bonchev–Trinajstić information content (AvgIpc) is 2.35. The van der Waals surface area contributed by atoms with Gasteiger partial charge in [-0.3, -0.25) is 4.79 Å². The molecule has 0 unspecified atom stereocenters. The Morgan fingerprint density at radius 3 is 2.35 bits per heavy atom. The van der Waals surface area contributed by atoms with Gasteiger partial charge in [-0.15, -0.1) is 0 Å². The Hall–Kier alpha value is -2.08. The molecule has 0 N–H and O–H groups in total. The van der Waals surface area contributed by atoms with Crippen LogP contribution in [0.5, 0.6) is 0 Å². The molecule has 0 heterocycles. The molecule has 3 heteroatoms. The van der Waals surface area contributed by atoms with E-state index in [9.17, 15) is 4.79 Å². The van der Waals surface area contributed by atoms with Crippen LogP contribution in [0.3, 0.4) is 0 Å². The molecule has 0 aromatic heterocycles. The molecule has 0 aliphatic rings. The Balaban J connectivity index is 2.99. The Kier molecular flexibility index (Phi) is 4.47. The van der Waals surface area contributed by atoms with Crippen LogP contribution in [0.4, 0.5) is 0 Å². The summed E-state index contributed by atoms with van der Waals surface area (Å²) in [7, 11) is 3.27. The summed E-state index contributed by atoms with van der Waals surface area (Å²) in [5.41, 5.74) is 2.26. The van der Waals surface area contributed by atoms with E-state index in [0.29, 0.717) is 0 Å². The van der Waals surface area contributed by atoms with Crippen molar-refractivity contribution < 1.29 is 4.79 Å². The molecule has 0 bridgehead atoms. The topological polar surface area (TPSA) is 44.1 Å².